The van der Waals surface area contributed by atoms with E-state index in [9.17, 15) is 0 Å². The molecular formula is C13H24N4O. The fraction of sp³-hybridized carbons (Fsp3) is 0.846. The SMILES string of the molecule is CCCN(Cc1nnc(C(C)(C)C)o1)C1CNC1. The minimum atomic E-state index is -0.0706. The summed E-state index contributed by atoms with van der Waals surface area (Å²) < 4.78 is 5.76. The van der Waals surface area contributed by atoms with Gasteiger partial charge in [0.05, 0.1) is 6.54 Å². The van der Waals surface area contributed by atoms with E-state index in [0.717, 1.165) is 44.4 Å². The third-order valence-corrected chi connectivity index (χ3v) is 3.23. The summed E-state index contributed by atoms with van der Waals surface area (Å²) in [7, 11) is 0. The molecule has 1 fully saturated rings. The summed E-state index contributed by atoms with van der Waals surface area (Å²) in [6.07, 6.45) is 1.15. The van der Waals surface area contributed by atoms with Gasteiger partial charge < -0.3 is 9.73 Å². The molecule has 1 aromatic heterocycles. The zero-order chi connectivity index (χ0) is 13.2. The molecule has 18 heavy (non-hydrogen) atoms. The van der Waals surface area contributed by atoms with Crippen LogP contribution in [0.25, 0.3) is 0 Å². The number of nitrogens with one attached hydrogen (secondary N) is 1. The van der Waals surface area contributed by atoms with E-state index >= 15 is 0 Å². The van der Waals surface area contributed by atoms with Crippen molar-refractivity contribution >= 4 is 0 Å². The van der Waals surface area contributed by atoms with Gasteiger partial charge in [0, 0.05) is 24.5 Å². The molecule has 1 aliphatic heterocycles. The highest BCUT2D eigenvalue weighted by Crippen LogP contribution is 2.21. The highest BCUT2D eigenvalue weighted by molar-refractivity contribution is 4.96. The first kappa shape index (κ1) is 13.5. The number of rotatable bonds is 5. The molecule has 1 N–H and O–H groups in total. The predicted molar refractivity (Wildman–Crippen MR) is 70.4 cm³/mol. The molecule has 5 nitrogen and oxygen atoms in total. The summed E-state index contributed by atoms with van der Waals surface area (Å²) >= 11 is 0. The van der Waals surface area contributed by atoms with Gasteiger partial charge in [0.25, 0.3) is 0 Å². The van der Waals surface area contributed by atoms with Gasteiger partial charge >= 0.3 is 0 Å². The Morgan fingerprint density at radius 2 is 2.06 bits per heavy atom. The van der Waals surface area contributed by atoms with Crippen molar-refractivity contribution in [2.75, 3.05) is 19.6 Å². The third-order valence-electron chi connectivity index (χ3n) is 3.23. The van der Waals surface area contributed by atoms with Crippen molar-refractivity contribution in [2.45, 2.75) is 52.1 Å². The third kappa shape index (κ3) is 3.09. The van der Waals surface area contributed by atoms with Crippen molar-refractivity contribution in [3.8, 4) is 0 Å². The molecule has 0 unspecified atom stereocenters. The summed E-state index contributed by atoms with van der Waals surface area (Å²) in [4.78, 5) is 2.43. The average molecular weight is 252 g/mol. The van der Waals surface area contributed by atoms with Gasteiger partial charge in [0.2, 0.25) is 11.8 Å². The van der Waals surface area contributed by atoms with Crippen LogP contribution in [-0.2, 0) is 12.0 Å². The molecular weight excluding hydrogens is 228 g/mol. The van der Waals surface area contributed by atoms with Gasteiger partial charge in [-0.25, -0.2) is 0 Å². The molecule has 1 aromatic rings. The van der Waals surface area contributed by atoms with Crippen LogP contribution in [0.5, 0.6) is 0 Å². The lowest BCUT2D eigenvalue weighted by Gasteiger charge is -2.37. The van der Waals surface area contributed by atoms with E-state index in [4.69, 9.17) is 4.42 Å². The Morgan fingerprint density at radius 3 is 2.50 bits per heavy atom. The van der Waals surface area contributed by atoms with Crippen molar-refractivity contribution in [1.29, 1.82) is 0 Å². The Bertz CT molecular complexity index is 379. The highest BCUT2D eigenvalue weighted by atomic mass is 16.4. The maximum absolute atomic E-state index is 5.76. The second kappa shape index (κ2) is 5.36. The summed E-state index contributed by atoms with van der Waals surface area (Å²) in [5.41, 5.74) is -0.0706. The maximum atomic E-state index is 5.76. The fourth-order valence-corrected chi connectivity index (χ4v) is 2.00. The molecule has 0 spiro atoms. The molecule has 102 valence electrons. The lowest BCUT2D eigenvalue weighted by molar-refractivity contribution is 0.124. The number of hydrogen-bond donors (Lipinski definition) is 1. The van der Waals surface area contributed by atoms with E-state index in [1.165, 1.54) is 0 Å². The minimum Gasteiger partial charge on any atom is -0.423 e. The largest absolute Gasteiger partial charge is 0.423 e. The molecule has 2 rings (SSSR count). The van der Waals surface area contributed by atoms with Gasteiger partial charge in [0.15, 0.2) is 0 Å². The summed E-state index contributed by atoms with van der Waals surface area (Å²) in [6, 6.07) is 0.620. The molecule has 0 bridgehead atoms. The molecule has 0 saturated carbocycles. The average Bonchev–Trinajstić information content (AvgIpc) is 2.63. The zero-order valence-electron chi connectivity index (χ0n) is 11.9. The molecule has 0 aromatic carbocycles. The predicted octanol–water partition coefficient (Wildman–Crippen LogP) is 1.55. The Balaban J connectivity index is 2.00. The van der Waals surface area contributed by atoms with Crippen LogP contribution in [0.2, 0.25) is 0 Å². The van der Waals surface area contributed by atoms with Crippen molar-refractivity contribution in [3.63, 3.8) is 0 Å². The van der Waals surface area contributed by atoms with Crippen molar-refractivity contribution in [2.24, 2.45) is 0 Å². The smallest absolute Gasteiger partial charge is 0.230 e. The lowest BCUT2D eigenvalue weighted by atomic mass is 9.97. The van der Waals surface area contributed by atoms with Crippen LogP contribution in [-0.4, -0.2) is 40.8 Å². The van der Waals surface area contributed by atoms with Crippen molar-refractivity contribution < 1.29 is 4.42 Å². The van der Waals surface area contributed by atoms with Gasteiger partial charge in [-0.15, -0.1) is 10.2 Å². The summed E-state index contributed by atoms with van der Waals surface area (Å²) in [6.45, 7) is 12.5. The Morgan fingerprint density at radius 1 is 1.33 bits per heavy atom. The Labute approximate surface area is 109 Å². The van der Waals surface area contributed by atoms with E-state index < -0.39 is 0 Å². The number of nitrogens with zero attached hydrogens (tertiary/aromatic N) is 3. The van der Waals surface area contributed by atoms with Gasteiger partial charge in [0.1, 0.15) is 0 Å². The van der Waals surface area contributed by atoms with Crippen LogP contribution < -0.4 is 5.32 Å². The quantitative estimate of drug-likeness (QED) is 0.861. The first-order chi connectivity index (χ1) is 8.50. The van der Waals surface area contributed by atoms with Crippen LogP contribution in [0.4, 0.5) is 0 Å². The minimum absolute atomic E-state index is 0.0706. The van der Waals surface area contributed by atoms with E-state index in [2.05, 4.69) is 48.1 Å². The number of aromatic nitrogens is 2. The number of hydrogen-bond acceptors (Lipinski definition) is 5. The molecule has 1 saturated heterocycles. The molecule has 2 heterocycles. The van der Waals surface area contributed by atoms with Crippen LogP contribution in [0.15, 0.2) is 4.42 Å². The second-order valence-electron chi connectivity index (χ2n) is 6.03. The van der Waals surface area contributed by atoms with Crippen molar-refractivity contribution in [3.05, 3.63) is 11.8 Å². The zero-order valence-corrected chi connectivity index (χ0v) is 11.9. The van der Waals surface area contributed by atoms with Gasteiger partial charge in [-0.3, -0.25) is 4.90 Å². The second-order valence-corrected chi connectivity index (χ2v) is 6.03. The Hall–Kier alpha value is -0.940. The van der Waals surface area contributed by atoms with Gasteiger partial charge in [-0.2, -0.15) is 0 Å². The first-order valence-electron chi connectivity index (χ1n) is 6.78. The van der Waals surface area contributed by atoms with E-state index in [1.807, 2.05) is 0 Å². The standard InChI is InChI=1S/C13H24N4O/c1-5-6-17(10-7-14-8-10)9-11-15-16-12(18-11)13(2,3)4/h10,14H,5-9H2,1-4H3. The highest BCUT2D eigenvalue weighted by Gasteiger charge is 2.27. The topological polar surface area (TPSA) is 54.2 Å². The molecule has 0 amide bonds. The van der Waals surface area contributed by atoms with E-state index in [-0.39, 0.29) is 5.41 Å². The maximum Gasteiger partial charge on any atom is 0.230 e. The molecule has 0 aliphatic carbocycles. The molecule has 5 heteroatoms. The molecule has 1 aliphatic rings. The first-order valence-corrected chi connectivity index (χ1v) is 6.78. The molecule has 0 radical (unpaired) electrons. The van der Waals surface area contributed by atoms with Gasteiger partial charge in [-0.05, 0) is 13.0 Å². The van der Waals surface area contributed by atoms with E-state index in [0.29, 0.717) is 6.04 Å². The van der Waals surface area contributed by atoms with Crippen LogP contribution >= 0.6 is 0 Å². The lowest BCUT2D eigenvalue weighted by Crippen LogP contribution is -2.57. The van der Waals surface area contributed by atoms with Crippen LogP contribution in [0, 0.1) is 0 Å². The monoisotopic (exact) mass is 252 g/mol. The summed E-state index contributed by atoms with van der Waals surface area (Å²) in [5.74, 6) is 1.46. The fourth-order valence-electron chi connectivity index (χ4n) is 2.00. The van der Waals surface area contributed by atoms with E-state index in [1.54, 1.807) is 0 Å². The normalized spacial score (nSPS) is 17.2. The molecule has 0 atom stereocenters. The van der Waals surface area contributed by atoms with Gasteiger partial charge in [-0.1, -0.05) is 27.7 Å². The van der Waals surface area contributed by atoms with Crippen LogP contribution in [0.1, 0.15) is 45.9 Å². The van der Waals surface area contributed by atoms with Crippen molar-refractivity contribution in [1.82, 2.24) is 20.4 Å². The van der Waals surface area contributed by atoms with Crippen LogP contribution in [0.3, 0.4) is 0 Å². The summed E-state index contributed by atoms with van der Waals surface area (Å²) in [5, 5.41) is 11.6. The Kier molecular flexibility index (Phi) is 4.02.